The summed E-state index contributed by atoms with van der Waals surface area (Å²) in [5, 5.41) is 0.682. The van der Waals surface area contributed by atoms with Crippen LogP contribution in [0.15, 0.2) is 59.6 Å². The van der Waals surface area contributed by atoms with Crippen molar-refractivity contribution in [3.8, 4) is 0 Å². The van der Waals surface area contributed by atoms with Crippen LogP contribution < -0.4 is 4.90 Å². The van der Waals surface area contributed by atoms with Gasteiger partial charge in [-0.15, -0.1) is 0 Å². The molecule has 2 aromatic rings. The van der Waals surface area contributed by atoms with Crippen molar-refractivity contribution in [2.75, 3.05) is 4.90 Å². The first-order chi connectivity index (χ1) is 16.2. The molecule has 1 unspecified atom stereocenters. The van der Waals surface area contributed by atoms with Crippen LogP contribution in [-0.2, 0) is 11.2 Å². The molecule has 2 fully saturated rings. The summed E-state index contributed by atoms with van der Waals surface area (Å²) in [4.78, 5) is 23.5. The highest BCUT2D eigenvalue weighted by molar-refractivity contribution is 6.30. The first kappa shape index (κ1) is 22.5. The summed E-state index contributed by atoms with van der Waals surface area (Å²) in [5.41, 5.74) is 2.02. The molecule has 0 N–H and O–H groups in total. The van der Waals surface area contributed by atoms with Crippen LogP contribution in [0.2, 0.25) is 5.02 Å². The predicted molar refractivity (Wildman–Crippen MR) is 136 cm³/mol. The van der Waals surface area contributed by atoms with Crippen molar-refractivity contribution < 1.29 is 4.79 Å². The fraction of sp³-hybridized carbons (Fsp3) is 0.500. The molecule has 1 amide bonds. The van der Waals surface area contributed by atoms with Gasteiger partial charge in [-0.1, -0.05) is 80.5 Å². The molecule has 0 radical (unpaired) electrons. The molecule has 5 heteroatoms. The van der Waals surface area contributed by atoms with Crippen molar-refractivity contribution in [3.63, 3.8) is 0 Å². The van der Waals surface area contributed by atoms with E-state index in [4.69, 9.17) is 16.6 Å². The molecule has 4 nitrogen and oxygen atoms in total. The lowest BCUT2D eigenvalue weighted by Gasteiger charge is -2.44. The van der Waals surface area contributed by atoms with Gasteiger partial charge in [0.25, 0.3) is 5.91 Å². The Hall–Kier alpha value is -2.33. The Kier molecular flexibility index (Phi) is 7.01. The Morgan fingerprint density at radius 2 is 1.39 bits per heavy atom. The monoisotopic (exact) mass is 463 g/mol. The molecule has 33 heavy (non-hydrogen) atoms. The van der Waals surface area contributed by atoms with E-state index in [1.165, 1.54) is 64.2 Å². The van der Waals surface area contributed by atoms with Crippen molar-refractivity contribution >= 4 is 29.2 Å². The molecule has 2 aliphatic carbocycles. The van der Waals surface area contributed by atoms with Gasteiger partial charge in [-0.05, 0) is 55.5 Å². The number of carbonyl (C=O) groups excluding carboxylic acids is 1. The molecule has 0 spiro atoms. The van der Waals surface area contributed by atoms with Crippen molar-refractivity contribution in [2.45, 2.75) is 88.8 Å². The zero-order chi connectivity index (χ0) is 22.6. The van der Waals surface area contributed by atoms with Crippen molar-refractivity contribution in [1.29, 1.82) is 0 Å². The van der Waals surface area contributed by atoms with Gasteiger partial charge in [0, 0.05) is 23.5 Å². The second kappa shape index (κ2) is 10.3. The van der Waals surface area contributed by atoms with E-state index in [2.05, 4.69) is 17.0 Å². The Morgan fingerprint density at radius 1 is 0.818 bits per heavy atom. The van der Waals surface area contributed by atoms with Gasteiger partial charge >= 0.3 is 0 Å². The lowest BCUT2D eigenvalue weighted by atomic mass is 9.89. The number of amides is 1. The summed E-state index contributed by atoms with van der Waals surface area (Å²) in [6.45, 7) is 0. The summed E-state index contributed by atoms with van der Waals surface area (Å²) in [7, 11) is 0. The van der Waals surface area contributed by atoms with Gasteiger partial charge in [0.2, 0.25) is 5.96 Å². The van der Waals surface area contributed by atoms with E-state index in [0.29, 0.717) is 23.5 Å². The third-order valence-electron chi connectivity index (χ3n) is 7.50. The van der Waals surface area contributed by atoms with Crippen molar-refractivity contribution in [1.82, 2.24) is 4.90 Å². The Labute approximate surface area is 202 Å². The second-order valence-corrected chi connectivity index (χ2v) is 10.2. The molecule has 2 saturated carbocycles. The van der Waals surface area contributed by atoms with Crippen LogP contribution in [0.25, 0.3) is 0 Å². The molecule has 0 aromatic heterocycles. The Balaban J connectivity index is 1.53. The average Bonchev–Trinajstić information content (AvgIpc) is 3.17. The summed E-state index contributed by atoms with van der Waals surface area (Å²) in [6.07, 6.45) is 13.1. The lowest BCUT2D eigenvalue weighted by molar-refractivity contribution is -0.118. The Morgan fingerprint density at radius 3 is 1.97 bits per heavy atom. The van der Waals surface area contributed by atoms with Gasteiger partial charge in [0.15, 0.2) is 0 Å². The van der Waals surface area contributed by atoms with E-state index in [1.54, 1.807) is 0 Å². The summed E-state index contributed by atoms with van der Waals surface area (Å²) >= 11 is 6.19. The van der Waals surface area contributed by atoms with Crippen LogP contribution in [-0.4, -0.2) is 34.9 Å². The number of rotatable bonds is 5. The zero-order valence-electron chi connectivity index (χ0n) is 19.3. The molecule has 0 bridgehead atoms. The minimum atomic E-state index is -0.382. The van der Waals surface area contributed by atoms with E-state index < -0.39 is 0 Å². The highest BCUT2D eigenvalue weighted by atomic mass is 35.5. The molecule has 1 aliphatic heterocycles. The van der Waals surface area contributed by atoms with Crippen LogP contribution in [0.5, 0.6) is 0 Å². The normalized spacial score (nSPS) is 22.5. The molecule has 5 rings (SSSR count). The van der Waals surface area contributed by atoms with Crippen LogP contribution in [0.4, 0.5) is 5.69 Å². The standard InChI is InChI=1S/C28H34ClN3O/c29-22-16-18-25(19-17-22)32-27(33)26(20-21-10-4-1-5-11-21)30-28(32)31(23-12-6-2-7-13-23)24-14-8-3-9-15-24/h1,4-5,10-11,16-19,23-24,26H,2-3,6-9,12-15,20H2. The molecule has 174 valence electrons. The van der Waals surface area contributed by atoms with Gasteiger partial charge in [-0.2, -0.15) is 0 Å². The number of anilines is 1. The van der Waals surface area contributed by atoms with Crippen molar-refractivity contribution in [2.24, 2.45) is 4.99 Å². The maximum atomic E-state index is 13.8. The molecule has 1 heterocycles. The zero-order valence-corrected chi connectivity index (χ0v) is 20.1. The number of nitrogens with zero attached hydrogens (tertiary/aromatic N) is 3. The minimum Gasteiger partial charge on any atom is -0.336 e. The van der Waals surface area contributed by atoms with Gasteiger partial charge in [0.05, 0.1) is 5.69 Å². The molecule has 2 aromatic carbocycles. The van der Waals surface area contributed by atoms with Crippen molar-refractivity contribution in [3.05, 3.63) is 65.2 Å². The summed E-state index contributed by atoms with van der Waals surface area (Å²) in [5.74, 6) is 0.954. The smallest absolute Gasteiger partial charge is 0.259 e. The van der Waals surface area contributed by atoms with Crippen LogP contribution in [0, 0.1) is 0 Å². The fourth-order valence-electron chi connectivity index (χ4n) is 5.83. The van der Waals surface area contributed by atoms with E-state index in [-0.39, 0.29) is 11.9 Å². The first-order valence-electron chi connectivity index (χ1n) is 12.7. The summed E-state index contributed by atoms with van der Waals surface area (Å²) < 4.78 is 0. The summed E-state index contributed by atoms with van der Waals surface area (Å²) in [6, 6.07) is 18.5. The topological polar surface area (TPSA) is 35.9 Å². The molecule has 1 atom stereocenters. The molecule has 0 saturated heterocycles. The third-order valence-corrected chi connectivity index (χ3v) is 7.75. The van der Waals surface area contributed by atoms with E-state index in [1.807, 2.05) is 47.4 Å². The van der Waals surface area contributed by atoms with Gasteiger partial charge in [-0.3, -0.25) is 4.79 Å². The fourth-order valence-corrected chi connectivity index (χ4v) is 5.95. The number of carbonyl (C=O) groups is 1. The van der Waals surface area contributed by atoms with E-state index in [9.17, 15) is 4.79 Å². The second-order valence-electron chi connectivity index (χ2n) is 9.78. The Bertz CT molecular complexity index is 944. The van der Waals surface area contributed by atoms with Crippen LogP contribution in [0.3, 0.4) is 0 Å². The largest absolute Gasteiger partial charge is 0.336 e. The molecule has 3 aliphatic rings. The SMILES string of the molecule is O=C1C(Cc2ccccc2)N=C(N(C2CCCCC2)C2CCCCC2)N1c1ccc(Cl)cc1. The highest BCUT2D eigenvalue weighted by Gasteiger charge is 2.42. The number of hydrogen-bond donors (Lipinski definition) is 0. The number of aliphatic imine (C=N–C) groups is 1. The van der Waals surface area contributed by atoms with E-state index in [0.717, 1.165) is 17.2 Å². The number of benzene rings is 2. The molecular weight excluding hydrogens is 430 g/mol. The molecular formula is C28H34ClN3O. The highest BCUT2D eigenvalue weighted by Crippen LogP contribution is 2.35. The first-order valence-corrected chi connectivity index (χ1v) is 13.1. The maximum Gasteiger partial charge on any atom is 0.259 e. The maximum absolute atomic E-state index is 13.8. The van der Waals surface area contributed by atoms with E-state index >= 15 is 0 Å². The predicted octanol–water partition coefficient (Wildman–Crippen LogP) is 6.62. The van der Waals surface area contributed by atoms with Crippen LogP contribution >= 0.6 is 11.6 Å². The van der Waals surface area contributed by atoms with Gasteiger partial charge in [-0.25, -0.2) is 9.89 Å². The third kappa shape index (κ3) is 4.96. The van der Waals surface area contributed by atoms with Crippen LogP contribution in [0.1, 0.15) is 69.8 Å². The minimum absolute atomic E-state index is 0.0767. The average molecular weight is 464 g/mol. The lowest BCUT2D eigenvalue weighted by Crippen LogP contribution is -2.54. The number of halogens is 1. The van der Waals surface area contributed by atoms with Gasteiger partial charge in [0.1, 0.15) is 6.04 Å². The number of guanidine groups is 1. The quantitative estimate of drug-likeness (QED) is 0.499. The van der Waals surface area contributed by atoms with Gasteiger partial charge < -0.3 is 4.90 Å². The number of hydrogen-bond acceptors (Lipinski definition) is 3.